The molecule has 3 aromatic rings. The Balaban J connectivity index is 2.15. The second kappa shape index (κ2) is 5.42. The molecular weight excluding hydrogens is 309 g/mol. The van der Waals surface area contributed by atoms with Crippen LogP contribution in [-0.2, 0) is 12.7 Å². The number of aromatic nitrogens is 2. The van der Waals surface area contributed by atoms with Crippen molar-refractivity contribution in [3.8, 4) is 0 Å². The molecule has 1 aromatic carbocycles. The van der Waals surface area contributed by atoms with Crippen LogP contribution in [0.3, 0.4) is 0 Å². The largest absolute Gasteiger partial charge is 0.543 e. The fraction of sp³-hybridized carbons (Fsp3) is 0.125. The van der Waals surface area contributed by atoms with Crippen molar-refractivity contribution in [1.82, 2.24) is 9.55 Å². The molecule has 0 aliphatic carbocycles. The molecule has 0 atom stereocenters. The highest BCUT2D eigenvalue weighted by molar-refractivity contribution is 5.92. The van der Waals surface area contributed by atoms with E-state index in [9.17, 15) is 23.1 Å². The van der Waals surface area contributed by atoms with Crippen LogP contribution in [0.1, 0.15) is 21.7 Å². The number of fused-ring (bicyclic) bond motifs is 1. The van der Waals surface area contributed by atoms with Crippen LogP contribution < -0.4 is 5.11 Å². The summed E-state index contributed by atoms with van der Waals surface area (Å²) in [5.74, 6) is -1.47. The Morgan fingerprint density at radius 3 is 2.43 bits per heavy atom. The quantitative estimate of drug-likeness (QED) is 0.745. The standard InChI is InChI=1S/C16H11F3N2O2/c17-16(18,19)14-7-6-12-11(20-14)8-13(15(22)23)21(12)9-10-4-2-1-3-5-10/h1-8H,9H2,(H,22,23)/p-1. The monoisotopic (exact) mass is 319 g/mol. The van der Waals surface area contributed by atoms with Crippen LogP contribution in [0, 0.1) is 0 Å². The topological polar surface area (TPSA) is 57.9 Å². The summed E-state index contributed by atoms with van der Waals surface area (Å²) in [5.41, 5.74) is -0.189. The minimum Gasteiger partial charge on any atom is -0.543 e. The number of carboxylic acid groups (broad SMARTS) is 1. The van der Waals surface area contributed by atoms with Gasteiger partial charge in [0.05, 0.1) is 22.7 Å². The van der Waals surface area contributed by atoms with Gasteiger partial charge < -0.3 is 14.5 Å². The molecule has 0 aliphatic heterocycles. The SMILES string of the molecule is O=C([O-])c1cc2nc(C(F)(F)F)ccc2n1Cc1ccccc1. The first-order valence-corrected chi connectivity index (χ1v) is 6.69. The summed E-state index contributed by atoms with van der Waals surface area (Å²) in [6, 6.07) is 12.1. The van der Waals surface area contributed by atoms with Crippen molar-refractivity contribution in [3.05, 3.63) is 65.5 Å². The predicted molar refractivity (Wildman–Crippen MR) is 74.6 cm³/mol. The van der Waals surface area contributed by atoms with Gasteiger partial charge in [0.25, 0.3) is 0 Å². The number of hydrogen-bond donors (Lipinski definition) is 0. The number of alkyl halides is 3. The van der Waals surface area contributed by atoms with E-state index >= 15 is 0 Å². The summed E-state index contributed by atoms with van der Waals surface area (Å²) < 4.78 is 39.6. The Labute approximate surface area is 128 Å². The molecule has 0 bridgehead atoms. The molecule has 0 saturated carbocycles. The lowest BCUT2D eigenvalue weighted by Crippen LogP contribution is -2.25. The van der Waals surface area contributed by atoms with E-state index in [1.165, 1.54) is 10.6 Å². The lowest BCUT2D eigenvalue weighted by Gasteiger charge is -2.11. The van der Waals surface area contributed by atoms with Crippen LogP contribution in [0.25, 0.3) is 11.0 Å². The Kier molecular flexibility index (Phi) is 3.55. The highest BCUT2D eigenvalue weighted by atomic mass is 19.4. The van der Waals surface area contributed by atoms with Crippen molar-refractivity contribution >= 4 is 17.0 Å². The van der Waals surface area contributed by atoms with Gasteiger partial charge in [-0.2, -0.15) is 13.2 Å². The van der Waals surface area contributed by atoms with Gasteiger partial charge in [-0.25, -0.2) is 4.98 Å². The Morgan fingerprint density at radius 2 is 1.83 bits per heavy atom. The van der Waals surface area contributed by atoms with E-state index in [1.807, 2.05) is 6.07 Å². The van der Waals surface area contributed by atoms with Gasteiger partial charge in [0, 0.05) is 6.54 Å². The zero-order valence-corrected chi connectivity index (χ0v) is 11.7. The molecule has 23 heavy (non-hydrogen) atoms. The molecule has 0 N–H and O–H groups in total. The smallest absolute Gasteiger partial charge is 0.433 e. The molecule has 0 radical (unpaired) electrons. The summed E-state index contributed by atoms with van der Waals surface area (Å²) >= 11 is 0. The third-order valence-corrected chi connectivity index (χ3v) is 3.44. The van der Waals surface area contributed by atoms with Crippen molar-refractivity contribution in [2.45, 2.75) is 12.7 Å². The molecule has 0 saturated heterocycles. The number of aromatic carboxylic acids is 1. The van der Waals surface area contributed by atoms with Gasteiger partial charge in [-0.15, -0.1) is 0 Å². The third kappa shape index (κ3) is 2.90. The first kappa shape index (κ1) is 15.1. The van der Waals surface area contributed by atoms with E-state index < -0.39 is 17.8 Å². The summed E-state index contributed by atoms with van der Waals surface area (Å²) in [6.07, 6.45) is -4.59. The molecule has 0 aliphatic rings. The van der Waals surface area contributed by atoms with Gasteiger partial charge in [0.2, 0.25) is 0 Å². The van der Waals surface area contributed by atoms with Crippen molar-refractivity contribution in [1.29, 1.82) is 0 Å². The second-order valence-electron chi connectivity index (χ2n) is 4.99. The number of carbonyl (C=O) groups is 1. The van der Waals surface area contributed by atoms with Crippen LogP contribution in [-0.4, -0.2) is 15.5 Å². The average molecular weight is 319 g/mol. The third-order valence-electron chi connectivity index (χ3n) is 3.44. The van der Waals surface area contributed by atoms with Gasteiger partial charge in [-0.1, -0.05) is 30.3 Å². The van der Waals surface area contributed by atoms with E-state index in [0.717, 1.165) is 17.7 Å². The van der Waals surface area contributed by atoms with Crippen molar-refractivity contribution < 1.29 is 23.1 Å². The summed E-state index contributed by atoms with van der Waals surface area (Å²) in [4.78, 5) is 14.8. The fourth-order valence-electron chi connectivity index (χ4n) is 2.40. The number of benzene rings is 1. The molecule has 2 aromatic heterocycles. The number of carbonyl (C=O) groups excluding carboxylic acids is 1. The molecular formula is C16H10F3N2O2-. The van der Waals surface area contributed by atoms with E-state index in [0.29, 0.717) is 5.52 Å². The Hall–Kier alpha value is -2.83. The minimum absolute atomic E-state index is 0.0324. The zero-order valence-electron chi connectivity index (χ0n) is 11.7. The van der Waals surface area contributed by atoms with Crippen molar-refractivity contribution in [3.63, 3.8) is 0 Å². The van der Waals surface area contributed by atoms with Gasteiger partial charge in [-0.3, -0.25) is 0 Å². The van der Waals surface area contributed by atoms with Crippen molar-refractivity contribution in [2.24, 2.45) is 0 Å². The summed E-state index contributed by atoms with van der Waals surface area (Å²) in [6.45, 7) is 0.195. The number of halogens is 3. The van der Waals surface area contributed by atoms with Crippen LogP contribution >= 0.6 is 0 Å². The molecule has 2 heterocycles. The predicted octanol–water partition coefficient (Wildman–Crippen LogP) is 2.47. The van der Waals surface area contributed by atoms with Gasteiger partial charge >= 0.3 is 6.18 Å². The highest BCUT2D eigenvalue weighted by Gasteiger charge is 2.32. The fourth-order valence-corrected chi connectivity index (χ4v) is 2.40. The highest BCUT2D eigenvalue weighted by Crippen LogP contribution is 2.30. The van der Waals surface area contributed by atoms with Gasteiger partial charge in [-0.05, 0) is 23.8 Å². The molecule has 4 nitrogen and oxygen atoms in total. The Bertz CT molecular complexity index is 870. The first-order valence-electron chi connectivity index (χ1n) is 6.69. The minimum atomic E-state index is -4.59. The van der Waals surface area contributed by atoms with Crippen LogP contribution in [0.5, 0.6) is 0 Å². The van der Waals surface area contributed by atoms with Crippen LogP contribution in [0.15, 0.2) is 48.5 Å². The summed E-state index contributed by atoms with van der Waals surface area (Å²) in [7, 11) is 0. The zero-order chi connectivity index (χ0) is 16.6. The van der Waals surface area contributed by atoms with Gasteiger partial charge in [0.1, 0.15) is 5.69 Å². The van der Waals surface area contributed by atoms with E-state index in [4.69, 9.17) is 0 Å². The second-order valence-corrected chi connectivity index (χ2v) is 4.99. The number of carboxylic acids is 1. The van der Waals surface area contributed by atoms with E-state index in [1.54, 1.807) is 24.3 Å². The van der Waals surface area contributed by atoms with Crippen LogP contribution in [0.2, 0.25) is 0 Å². The lowest BCUT2D eigenvalue weighted by molar-refractivity contribution is -0.255. The lowest BCUT2D eigenvalue weighted by atomic mass is 10.2. The molecule has 3 rings (SSSR count). The number of pyridine rings is 1. The average Bonchev–Trinajstić information content (AvgIpc) is 2.86. The van der Waals surface area contributed by atoms with Gasteiger partial charge in [0.15, 0.2) is 0 Å². The van der Waals surface area contributed by atoms with E-state index in [-0.39, 0.29) is 17.8 Å². The number of hydrogen-bond acceptors (Lipinski definition) is 3. The molecule has 0 fully saturated rings. The molecule has 0 unspecified atom stereocenters. The maximum Gasteiger partial charge on any atom is 0.433 e. The molecule has 118 valence electrons. The van der Waals surface area contributed by atoms with E-state index in [2.05, 4.69) is 4.98 Å². The molecule has 7 heteroatoms. The normalized spacial score (nSPS) is 11.8. The van der Waals surface area contributed by atoms with Crippen molar-refractivity contribution in [2.75, 3.05) is 0 Å². The van der Waals surface area contributed by atoms with Crippen LogP contribution in [0.4, 0.5) is 13.2 Å². The first-order chi connectivity index (χ1) is 10.9. The maximum atomic E-state index is 12.7. The number of nitrogens with zero attached hydrogens (tertiary/aromatic N) is 2. The molecule has 0 amide bonds. The molecule has 0 spiro atoms. The summed E-state index contributed by atoms with van der Waals surface area (Å²) in [5, 5.41) is 11.3. The number of rotatable bonds is 3. The Morgan fingerprint density at radius 1 is 1.13 bits per heavy atom. The maximum absolute atomic E-state index is 12.7.